The lowest BCUT2D eigenvalue weighted by atomic mass is 10.1. The third-order valence-corrected chi connectivity index (χ3v) is 5.08. The highest BCUT2D eigenvalue weighted by Gasteiger charge is 2.61. The first-order chi connectivity index (χ1) is 7.69. The van der Waals surface area contributed by atoms with E-state index in [1.165, 1.54) is 26.0 Å². The van der Waals surface area contributed by atoms with E-state index < -0.39 is 26.5 Å². The van der Waals surface area contributed by atoms with Crippen LogP contribution < -0.4 is 10.0 Å². The van der Waals surface area contributed by atoms with Crippen molar-refractivity contribution in [2.75, 3.05) is 10.0 Å². The van der Waals surface area contributed by atoms with Crippen LogP contribution in [0.3, 0.4) is 0 Å². The van der Waals surface area contributed by atoms with E-state index in [2.05, 4.69) is 0 Å². The number of benzene rings is 1. The number of halogens is 1. The molecule has 1 aliphatic heterocycles. The lowest BCUT2D eigenvalue weighted by Crippen LogP contribution is -2.67. The lowest BCUT2D eigenvalue weighted by Gasteiger charge is -2.42. The summed E-state index contributed by atoms with van der Waals surface area (Å²) in [6, 6.07) is 3.49. The molecule has 5 nitrogen and oxygen atoms in total. The van der Waals surface area contributed by atoms with Crippen molar-refractivity contribution in [1.29, 1.82) is 0 Å². The normalized spacial score (nSPS) is 21.1. The number of nitrogens with zero attached hydrogens (tertiary/aromatic N) is 1. The van der Waals surface area contributed by atoms with Gasteiger partial charge < -0.3 is 5.73 Å². The zero-order chi connectivity index (χ0) is 13.0. The molecule has 0 atom stereocenters. The maximum atomic E-state index is 13.6. The monoisotopic (exact) mass is 258 g/mol. The van der Waals surface area contributed by atoms with Crippen LogP contribution in [-0.4, -0.2) is 19.1 Å². The van der Waals surface area contributed by atoms with Crippen LogP contribution in [0, 0.1) is 5.82 Å². The number of hydrogen-bond donors (Lipinski definition) is 1. The standard InChI is InChI=1S/C10H11FN2O3S/c1-10(2)9(14)13(17(10,15)16)8-4-3-6(12)5-7(8)11/h3-5H,12H2,1-2H3. The van der Waals surface area contributed by atoms with Gasteiger partial charge in [0.05, 0.1) is 5.69 Å². The van der Waals surface area contributed by atoms with Crippen molar-refractivity contribution in [3.8, 4) is 0 Å². The van der Waals surface area contributed by atoms with Gasteiger partial charge in [-0.2, -0.15) is 0 Å². The average molecular weight is 258 g/mol. The van der Waals surface area contributed by atoms with Crippen LogP contribution in [-0.2, 0) is 14.8 Å². The molecule has 17 heavy (non-hydrogen) atoms. The summed E-state index contributed by atoms with van der Waals surface area (Å²) in [4.78, 5) is 11.7. The Balaban J connectivity index is 2.55. The number of nitrogens with two attached hydrogens (primary N) is 1. The number of carbonyl (C=O) groups is 1. The summed E-state index contributed by atoms with van der Waals surface area (Å²) in [6.07, 6.45) is 0. The van der Waals surface area contributed by atoms with E-state index in [-0.39, 0.29) is 11.4 Å². The van der Waals surface area contributed by atoms with Gasteiger partial charge in [-0.3, -0.25) is 4.79 Å². The minimum absolute atomic E-state index is 0.163. The van der Waals surface area contributed by atoms with Crippen LogP contribution in [0.15, 0.2) is 18.2 Å². The predicted octanol–water partition coefficient (Wildman–Crippen LogP) is 0.863. The summed E-state index contributed by atoms with van der Waals surface area (Å²) in [6.45, 7) is 2.58. The molecule has 1 fully saturated rings. The van der Waals surface area contributed by atoms with Gasteiger partial charge in [0, 0.05) is 5.69 Å². The molecule has 1 aromatic carbocycles. The molecule has 2 rings (SSSR count). The summed E-state index contributed by atoms with van der Waals surface area (Å²) >= 11 is 0. The van der Waals surface area contributed by atoms with E-state index in [0.29, 0.717) is 4.31 Å². The molecule has 0 aliphatic carbocycles. The van der Waals surface area contributed by atoms with Crippen LogP contribution >= 0.6 is 0 Å². The Kier molecular flexibility index (Phi) is 2.22. The SMILES string of the molecule is CC1(C)C(=O)N(c2ccc(N)cc2F)S1(=O)=O. The fraction of sp³-hybridized carbons (Fsp3) is 0.300. The molecule has 0 bridgehead atoms. The zero-order valence-corrected chi connectivity index (χ0v) is 10.1. The first kappa shape index (κ1) is 11.8. The summed E-state index contributed by atoms with van der Waals surface area (Å²) < 4.78 is 36.2. The van der Waals surface area contributed by atoms with E-state index in [1.807, 2.05) is 0 Å². The summed E-state index contributed by atoms with van der Waals surface area (Å²) in [5.74, 6) is -1.49. The van der Waals surface area contributed by atoms with Crippen LogP contribution in [0.25, 0.3) is 0 Å². The zero-order valence-electron chi connectivity index (χ0n) is 9.27. The average Bonchev–Trinajstić information content (AvgIpc) is 2.21. The second-order valence-electron chi connectivity index (χ2n) is 4.30. The van der Waals surface area contributed by atoms with Gasteiger partial charge in [0.25, 0.3) is 15.9 Å². The van der Waals surface area contributed by atoms with Crippen LogP contribution in [0.2, 0.25) is 0 Å². The smallest absolute Gasteiger partial charge is 0.263 e. The van der Waals surface area contributed by atoms with Crippen LogP contribution in [0.1, 0.15) is 13.8 Å². The molecule has 0 radical (unpaired) electrons. The highest BCUT2D eigenvalue weighted by atomic mass is 32.2. The molecule has 2 N–H and O–H groups in total. The fourth-order valence-electron chi connectivity index (χ4n) is 1.58. The Morgan fingerprint density at radius 2 is 1.94 bits per heavy atom. The van der Waals surface area contributed by atoms with Crippen molar-refractivity contribution in [2.45, 2.75) is 18.6 Å². The van der Waals surface area contributed by atoms with Gasteiger partial charge in [0.15, 0.2) is 4.75 Å². The molecule has 1 aromatic rings. The van der Waals surface area contributed by atoms with E-state index in [4.69, 9.17) is 5.73 Å². The van der Waals surface area contributed by atoms with E-state index in [9.17, 15) is 17.6 Å². The molecule has 1 saturated heterocycles. The molecule has 0 spiro atoms. The van der Waals surface area contributed by atoms with E-state index in [0.717, 1.165) is 6.07 Å². The number of sulfonamides is 1. The Hall–Kier alpha value is -1.63. The summed E-state index contributed by atoms with van der Waals surface area (Å²) in [7, 11) is -3.84. The van der Waals surface area contributed by atoms with Crippen molar-refractivity contribution in [3.63, 3.8) is 0 Å². The second-order valence-corrected chi connectivity index (χ2v) is 6.63. The first-order valence-corrected chi connectivity index (χ1v) is 6.28. The molecule has 0 saturated carbocycles. The topological polar surface area (TPSA) is 80.5 Å². The van der Waals surface area contributed by atoms with Crippen LogP contribution in [0.4, 0.5) is 15.8 Å². The predicted molar refractivity (Wildman–Crippen MR) is 61.3 cm³/mol. The van der Waals surface area contributed by atoms with Crippen molar-refractivity contribution in [2.24, 2.45) is 0 Å². The Bertz CT molecular complexity index is 610. The molecular formula is C10H11FN2O3S. The number of amides is 1. The lowest BCUT2D eigenvalue weighted by molar-refractivity contribution is -0.120. The highest BCUT2D eigenvalue weighted by molar-refractivity contribution is 7.98. The largest absolute Gasteiger partial charge is 0.399 e. The quantitative estimate of drug-likeness (QED) is 0.758. The van der Waals surface area contributed by atoms with Crippen molar-refractivity contribution < 1.29 is 17.6 Å². The van der Waals surface area contributed by atoms with Crippen LogP contribution in [0.5, 0.6) is 0 Å². The Morgan fingerprint density at radius 3 is 2.41 bits per heavy atom. The van der Waals surface area contributed by atoms with Crippen molar-refractivity contribution in [3.05, 3.63) is 24.0 Å². The number of nitrogen functional groups attached to an aromatic ring is 1. The van der Waals surface area contributed by atoms with Gasteiger partial charge in [0.1, 0.15) is 5.82 Å². The van der Waals surface area contributed by atoms with Crippen molar-refractivity contribution in [1.82, 2.24) is 0 Å². The number of anilines is 2. The van der Waals surface area contributed by atoms with Gasteiger partial charge in [-0.1, -0.05) is 0 Å². The molecule has 7 heteroatoms. The van der Waals surface area contributed by atoms with E-state index >= 15 is 0 Å². The first-order valence-electron chi connectivity index (χ1n) is 4.84. The molecule has 0 aromatic heterocycles. The van der Waals surface area contributed by atoms with Gasteiger partial charge in [-0.15, -0.1) is 0 Å². The number of rotatable bonds is 1. The Labute approximate surface area is 98.1 Å². The minimum atomic E-state index is -3.84. The minimum Gasteiger partial charge on any atom is -0.399 e. The number of carbonyl (C=O) groups excluding carboxylic acids is 1. The van der Waals surface area contributed by atoms with Gasteiger partial charge >= 0.3 is 0 Å². The van der Waals surface area contributed by atoms with E-state index in [1.54, 1.807) is 0 Å². The molecule has 1 amide bonds. The highest BCUT2D eigenvalue weighted by Crippen LogP contribution is 2.40. The maximum absolute atomic E-state index is 13.6. The maximum Gasteiger partial charge on any atom is 0.263 e. The molecule has 1 aliphatic rings. The fourth-order valence-corrected chi connectivity index (χ4v) is 3.07. The summed E-state index contributed by atoms with van der Waals surface area (Å²) in [5.41, 5.74) is 5.22. The second kappa shape index (κ2) is 3.19. The molecule has 1 heterocycles. The van der Waals surface area contributed by atoms with Gasteiger partial charge in [0.2, 0.25) is 0 Å². The molecule has 0 unspecified atom stereocenters. The van der Waals surface area contributed by atoms with Gasteiger partial charge in [-0.05, 0) is 32.0 Å². The molecular weight excluding hydrogens is 247 g/mol. The Morgan fingerprint density at radius 1 is 1.35 bits per heavy atom. The third kappa shape index (κ3) is 1.35. The van der Waals surface area contributed by atoms with Crippen molar-refractivity contribution >= 4 is 27.3 Å². The third-order valence-electron chi connectivity index (χ3n) is 2.78. The van der Waals surface area contributed by atoms with Gasteiger partial charge in [-0.25, -0.2) is 17.1 Å². The number of hydrogen-bond acceptors (Lipinski definition) is 4. The summed E-state index contributed by atoms with van der Waals surface area (Å²) in [5, 5.41) is 0. The molecule has 92 valence electrons.